The number of aliphatic hydroxyl groups is 1. The van der Waals surface area contributed by atoms with Crippen molar-refractivity contribution in [2.75, 3.05) is 46.4 Å². The third-order valence-corrected chi connectivity index (χ3v) is 5.08. The van der Waals surface area contributed by atoms with Crippen LogP contribution in [0.2, 0.25) is 0 Å². The Kier molecular flexibility index (Phi) is 7.50. The molecule has 6 heteroatoms. The molecule has 2 aromatic carbocycles. The van der Waals surface area contributed by atoms with Crippen LogP contribution < -0.4 is 0 Å². The molecular weight excluding hydrogens is 362 g/mol. The predicted molar refractivity (Wildman–Crippen MR) is 105 cm³/mol. The van der Waals surface area contributed by atoms with Crippen LogP contribution in [-0.2, 0) is 4.74 Å². The van der Waals surface area contributed by atoms with E-state index < -0.39 is 12.2 Å². The SMILES string of the molecule is CN1CCCN(CC(O)COC(c2ccc(F)cc2)c2ccc(F)cc2)CC1. The zero-order valence-electron chi connectivity index (χ0n) is 16.2. The van der Waals surface area contributed by atoms with E-state index in [1.54, 1.807) is 24.3 Å². The van der Waals surface area contributed by atoms with Gasteiger partial charge in [0.15, 0.2) is 0 Å². The first kappa shape index (κ1) is 20.9. The Morgan fingerprint density at radius 3 is 2.04 bits per heavy atom. The fourth-order valence-corrected chi connectivity index (χ4v) is 3.50. The fourth-order valence-electron chi connectivity index (χ4n) is 3.50. The first-order valence-corrected chi connectivity index (χ1v) is 9.73. The number of benzene rings is 2. The number of likely N-dealkylation sites (N-methyl/N-ethyl adjacent to an activating group) is 1. The van der Waals surface area contributed by atoms with Crippen LogP contribution in [0, 0.1) is 11.6 Å². The molecule has 1 atom stereocenters. The number of hydrogen-bond donors (Lipinski definition) is 1. The molecule has 1 fully saturated rings. The molecular formula is C22H28F2N2O2. The van der Waals surface area contributed by atoms with Gasteiger partial charge in [-0.3, -0.25) is 4.90 Å². The van der Waals surface area contributed by atoms with Crippen LogP contribution in [0.15, 0.2) is 48.5 Å². The molecule has 1 heterocycles. The van der Waals surface area contributed by atoms with Crippen LogP contribution in [0.5, 0.6) is 0 Å². The minimum atomic E-state index is -0.633. The summed E-state index contributed by atoms with van der Waals surface area (Å²) < 4.78 is 32.6. The van der Waals surface area contributed by atoms with E-state index in [4.69, 9.17) is 4.74 Å². The van der Waals surface area contributed by atoms with Gasteiger partial charge in [-0.1, -0.05) is 24.3 Å². The molecule has 28 heavy (non-hydrogen) atoms. The summed E-state index contributed by atoms with van der Waals surface area (Å²) in [6.45, 7) is 4.63. The van der Waals surface area contributed by atoms with Gasteiger partial charge in [-0.25, -0.2) is 8.78 Å². The molecule has 1 aliphatic heterocycles. The molecule has 1 N–H and O–H groups in total. The summed E-state index contributed by atoms with van der Waals surface area (Å²) >= 11 is 0. The standard InChI is InChI=1S/C22H28F2N2O2/c1-25-11-2-12-26(14-13-25)15-21(27)16-28-22(17-3-7-19(23)8-4-17)18-5-9-20(24)10-6-18/h3-10,21-22,27H,2,11-16H2,1H3. The largest absolute Gasteiger partial charge is 0.389 e. The lowest BCUT2D eigenvalue weighted by Crippen LogP contribution is -2.37. The molecule has 0 aromatic heterocycles. The highest BCUT2D eigenvalue weighted by Gasteiger charge is 2.20. The van der Waals surface area contributed by atoms with E-state index in [0.717, 1.165) is 43.7 Å². The highest BCUT2D eigenvalue weighted by Crippen LogP contribution is 2.27. The monoisotopic (exact) mass is 390 g/mol. The van der Waals surface area contributed by atoms with Crippen molar-refractivity contribution < 1.29 is 18.6 Å². The van der Waals surface area contributed by atoms with E-state index in [0.29, 0.717) is 6.54 Å². The van der Waals surface area contributed by atoms with Gasteiger partial charge in [0.25, 0.3) is 0 Å². The van der Waals surface area contributed by atoms with Crippen molar-refractivity contribution in [1.82, 2.24) is 9.80 Å². The number of β-amino-alcohol motifs (C(OH)–C–C–N with tert-alkyl or cyclic N) is 1. The van der Waals surface area contributed by atoms with E-state index >= 15 is 0 Å². The van der Waals surface area contributed by atoms with Gasteiger partial charge in [0, 0.05) is 19.6 Å². The van der Waals surface area contributed by atoms with Crippen molar-refractivity contribution in [2.24, 2.45) is 0 Å². The van der Waals surface area contributed by atoms with E-state index in [-0.39, 0.29) is 18.2 Å². The fraction of sp³-hybridized carbons (Fsp3) is 0.455. The molecule has 1 aliphatic rings. The Hall–Kier alpha value is -1.86. The van der Waals surface area contributed by atoms with Crippen LogP contribution >= 0.6 is 0 Å². The Morgan fingerprint density at radius 2 is 1.46 bits per heavy atom. The molecule has 4 nitrogen and oxygen atoms in total. The first-order valence-electron chi connectivity index (χ1n) is 9.73. The van der Waals surface area contributed by atoms with Crippen LogP contribution in [-0.4, -0.2) is 67.4 Å². The Bertz CT molecular complexity index is 679. The molecule has 3 rings (SSSR count). The minimum absolute atomic E-state index is 0.145. The molecule has 0 aliphatic carbocycles. The second-order valence-electron chi connectivity index (χ2n) is 7.43. The Balaban J connectivity index is 1.64. The number of rotatable bonds is 7. The van der Waals surface area contributed by atoms with Crippen molar-refractivity contribution in [3.05, 3.63) is 71.3 Å². The second-order valence-corrected chi connectivity index (χ2v) is 7.43. The van der Waals surface area contributed by atoms with E-state index in [1.165, 1.54) is 24.3 Å². The van der Waals surface area contributed by atoms with E-state index in [2.05, 4.69) is 16.8 Å². The number of ether oxygens (including phenoxy) is 1. The van der Waals surface area contributed by atoms with Gasteiger partial charge in [0.2, 0.25) is 0 Å². The van der Waals surface area contributed by atoms with Crippen LogP contribution in [0.25, 0.3) is 0 Å². The van der Waals surface area contributed by atoms with Gasteiger partial charge in [0.05, 0.1) is 12.7 Å². The molecule has 0 radical (unpaired) electrons. The highest BCUT2D eigenvalue weighted by molar-refractivity contribution is 5.30. The Labute approximate surface area is 165 Å². The highest BCUT2D eigenvalue weighted by atomic mass is 19.1. The van der Waals surface area contributed by atoms with Crippen LogP contribution in [0.3, 0.4) is 0 Å². The quantitative estimate of drug-likeness (QED) is 0.788. The first-order chi connectivity index (χ1) is 13.5. The summed E-state index contributed by atoms with van der Waals surface area (Å²) in [6.07, 6.45) is -0.0457. The summed E-state index contributed by atoms with van der Waals surface area (Å²) in [6, 6.07) is 12.1. The molecule has 1 unspecified atom stereocenters. The summed E-state index contributed by atoms with van der Waals surface area (Å²) in [5.41, 5.74) is 1.52. The lowest BCUT2D eigenvalue weighted by atomic mass is 10.0. The van der Waals surface area contributed by atoms with Crippen molar-refractivity contribution in [2.45, 2.75) is 18.6 Å². The average Bonchev–Trinajstić information content (AvgIpc) is 2.89. The molecule has 152 valence electrons. The van der Waals surface area contributed by atoms with Crippen molar-refractivity contribution >= 4 is 0 Å². The second kappa shape index (κ2) is 10.1. The van der Waals surface area contributed by atoms with Crippen LogP contribution in [0.1, 0.15) is 23.7 Å². The zero-order chi connectivity index (χ0) is 19.9. The molecule has 0 bridgehead atoms. The van der Waals surface area contributed by atoms with Crippen molar-refractivity contribution in [3.8, 4) is 0 Å². The molecule has 2 aromatic rings. The third-order valence-electron chi connectivity index (χ3n) is 5.08. The lowest BCUT2D eigenvalue weighted by molar-refractivity contribution is -0.00788. The topological polar surface area (TPSA) is 35.9 Å². The predicted octanol–water partition coefficient (Wildman–Crippen LogP) is 3.07. The number of aliphatic hydroxyl groups excluding tert-OH is 1. The van der Waals surface area contributed by atoms with E-state index in [1.807, 2.05) is 0 Å². The molecule has 0 amide bonds. The van der Waals surface area contributed by atoms with Crippen molar-refractivity contribution in [1.29, 1.82) is 0 Å². The van der Waals surface area contributed by atoms with Gasteiger partial charge in [-0.2, -0.15) is 0 Å². The normalized spacial score (nSPS) is 17.6. The van der Waals surface area contributed by atoms with Gasteiger partial charge in [-0.15, -0.1) is 0 Å². The van der Waals surface area contributed by atoms with Crippen LogP contribution in [0.4, 0.5) is 8.78 Å². The van der Waals surface area contributed by atoms with Gasteiger partial charge >= 0.3 is 0 Å². The maximum atomic E-state index is 13.3. The minimum Gasteiger partial charge on any atom is -0.389 e. The summed E-state index contributed by atoms with van der Waals surface area (Å²) in [4.78, 5) is 4.55. The van der Waals surface area contributed by atoms with Gasteiger partial charge < -0.3 is 14.7 Å². The lowest BCUT2D eigenvalue weighted by Gasteiger charge is -2.25. The van der Waals surface area contributed by atoms with Gasteiger partial charge in [-0.05, 0) is 62.0 Å². The van der Waals surface area contributed by atoms with Crippen molar-refractivity contribution in [3.63, 3.8) is 0 Å². The average molecular weight is 390 g/mol. The zero-order valence-corrected chi connectivity index (χ0v) is 16.2. The maximum Gasteiger partial charge on any atom is 0.123 e. The van der Waals surface area contributed by atoms with E-state index in [9.17, 15) is 13.9 Å². The molecule has 0 saturated carbocycles. The number of hydrogen-bond acceptors (Lipinski definition) is 4. The molecule has 0 spiro atoms. The number of halogens is 2. The molecule has 1 saturated heterocycles. The third kappa shape index (κ3) is 6.07. The Morgan fingerprint density at radius 1 is 0.893 bits per heavy atom. The maximum absolute atomic E-state index is 13.3. The smallest absolute Gasteiger partial charge is 0.123 e. The number of nitrogens with zero attached hydrogens (tertiary/aromatic N) is 2. The van der Waals surface area contributed by atoms with Gasteiger partial charge in [0.1, 0.15) is 17.7 Å². The summed E-state index contributed by atoms with van der Waals surface area (Å²) in [5, 5.41) is 10.5. The summed E-state index contributed by atoms with van der Waals surface area (Å²) in [7, 11) is 2.11. The summed E-state index contributed by atoms with van der Waals surface area (Å²) in [5.74, 6) is -0.652.